The zero-order valence-corrected chi connectivity index (χ0v) is 11.0. The summed E-state index contributed by atoms with van der Waals surface area (Å²) >= 11 is 11.5. The van der Waals surface area contributed by atoms with Crippen molar-refractivity contribution in [3.63, 3.8) is 0 Å². The molecule has 0 spiro atoms. The van der Waals surface area contributed by atoms with E-state index in [0.29, 0.717) is 5.69 Å². The molecular formula is C10H13Cl2N3O2. The van der Waals surface area contributed by atoms with Gasteiger partial charge in [-0.25, -0.2) is 4.79 Å². The number of halogens is 2. The zero-order chi connectivity index (χ0) is 13.0. The Labute approximate surface area is 109 Å². The smallest absolute Gasteiger partial charge is 0.326 e. The molecule has 0 aliphatic heterocycles. The number of carboxylic acids is 1. The molecule has 0 aliphatic carbocycles. The van der Waals surface area contributed by atoms with Gasteiger partial charge in [-0.1, -0.05) is 43.5 Å². The first-order valence-corrected chi connectivity index (χ1v) is 5.89. The van der Waals surface area contributed by atoms with Crippen LogP contribution in [0.2, 0.25) is 10.3 Å². The second-order valence-electron chi connectivity index (χ2n) is 3.72. The number of hydrogen-bond acceptors (Lipinski definition) is 4. The van der Waals surface area contributed by atoms with E-state index in [0.717, 1.165) is 6.42 Å². The SMILES string of the molecule is CC[C@H](C)[C@@H](Nc1cc(Cl)nnc1Cl)C(=O)O. The van der Waals surface area contributed by atoms with Gasteiger partial charge in [0, 0.05) is 6.07 Å². The summed E-state index contributed by atoms with van der Waals surface area (Å²) in [4.78, 5) is 11.1. The molecule has 0 saturated heterocycles. The van der Waals surface area contributed by atoms with E-state index in [-0.39, 0.29) is 16.2 Å². The second-order valence-corrected chi connectivity index (χ2v) is 4.46. The lowest BCUT2D eigenvalue weighted by Gasteiger charge is -2.21. The summed E-state index contributed by atoms with van der Waals surface area (Å²) in [5.74, 6) is -0.987. The molecule has 0 fully saturated rings. The minimum absolute atomic E-state index is 0.0458. The van der Waals surface area contributed by atoms with Crippen LogP contribution in [0.25, 0.3) is 0 Å². The molecule has 0 amide bonds. The number of nitrogens with one attached hydrogen (secondary N) is 1. The van der Waals surface area contributed by atoms with Crippen molar-refractivity contribution < 1.29 is 9.90 Å². The number of rotatable bonds is 5. The van der Waals surface area contributed by atoms with Crippen molar-refractivity contribution in [2.45, 2.75) is 26.3 Å². The van der Waals surface area contributed by atoms with Gasteiger partial charge < -0.3 is 10.4 Å². The summed E-state index contributed by atoms with van der Waals surface area (Å²) in [5, 5.41) is 19.4. The molecule has 0 bridgehead atoms. The Bertz CT molecular complexity index is 415. The van der Waals surface area contributed by atoms with E-state index in [9.17, 15) is 4.79 Å². The van der Waals surface area contributed by atoms with Gasteiger partial charge >= 0.3 is 5.97 Å². The van der Waals surface area contributed by atoms with Crippen molar-refractivity contribution in [2.24, 2.45) is 5.92 Å². The van der Waals surface area contributed by atoms with Gasteiger partial charge in [0.05, 0.1) is 5.69 Å². The van der Waals surface area contributed by atoms with Gasteiger partial charge in [-0.3, -0.25) is 0 Å². The molecule has 2 N–H and O–H groups in total. The standard InChI is InChI=1S/C10H13Cl2N3O2/c1-3-5(2)8(10(16)17)13-6-4-7(11)14-15-9(6)12/h4-5,8H,3H2,1-2H3,(H,13,14)(H,16,17)/t5-,8+/m0/s1. The Morgan fingerprint density at radius 3 is 2.71 bits per heavy atom. The van der Waals surface area contributed by atoms with Gasteiger partial charge in [0.25, 0.3) is 0 Å². The monoisotopic (exact) mass is 277 g/mol. The fraction of sp³-hybridized carbons (Fsp3) is 0.500. The molecule has 2 atom stereocenters. The maximum absolute atomic E-state index is 11.1. The van der Waals surface area contributed by atoms with Crippen LogP contribution < -0.4 is 5.32 Å². The Morgan fingerprint density at radius 1 is 1.53 bits per heavy atom. The van der Waals surface area contributed by atoms with Crippen LogP contribution in [-0.4, -0.2) is 27.3 Å². The number of carboxylic acid groups (broad SMARTS) is 1. The Morgan fingerprint density at radius 2 is 2.18 bits per heavy atom. The summed E-state index contributed by atoms with van der Waals surface area (Å²) in [6, 6.07) is 0.715. The molecule has 7 heteroatoms. The van der Waals surface area contributed by atoms with Crippen LogP contribution in [0.4, 0.5) is 5.69 Å². The molecule has 1 aromatic rings. The van der Waals surface area contributed by atoms with Crippen molar-refractivity contribution in [3.8, 4) is 0 Å². The maximum atomic E-state index is 11.1. The summed E-state index contributed by atoms with van der Waals surface area (Å²) in [6.45, 7) is 3.76. The Kier molecular flexibility index (Phi) is 4.96. The molecule has 0 aliphatic rings. The van der Waals surface area contributed by atoms with Gasteiger partial charge in [0.1, 0.15) is 6.04 Å². The molecule has 0 aromatic carbocycles. The number of hydrogen-bond donors (Lipinski definition) is 2. The first-order chi connectivity index (χ1) is 7.95. The normalized spacial score (nSPS) is 14.1. The van der Waals surface area contributed by atoms with Crippen LogP contribution in [0.3, 0.4) is 0 Å². The van der Waals surface area contributed by atoms with Gasteiger partial charge in [0.15, 0.2) is 10.3 Å². The van der Waals surface area contributed by atoms with Crippen LogP contribution in [0.15, 0.2) is 6.07 Å². The molecule has 0 saturated carbocycles. The van der Waals surface area contributed by atoms with E-state index in [1.165, 1.54) is 6.07 Å². The van der Waals surface area contributed by atoms with Crippen LogP contribution in [0, 0.1) is 5.92 Å². The lowest BCUT2D eigenvalue weighted by molar-refractivity contribution is -0.139. The van der Waals surface area contributed by atoms with Crippen molar-refractivity contribution in [3.05, 3.63) is 16.4 Å². The van der Waals surface area contributed by atoms with Crippen molar-refractivity contribution in [2.75, 3.05) is 5.32 Å². The highest BCUT2D eigenvalue weighted by Gasteiger charge is 2.24. The molecular weight excluding hydrogens is 265 g/mol. The summed E-state index contributed by atoms with van der Waals surface area (Å²) in [5.41, 5.74) is 0.374. The first kappa shape index (κ1) is 14.0. The van der Waals surface area contributed by atoms with Crippen molar-refractivity contribution in [1.82, 2.24) is 10.2 Å². The second kappa shape index (κ2) is 6.02. The van der Waals surface area contributed by atoms with Gasteiger partial charge in [-0.2, -0.15) is 0 Å². The third kappa shape index (κ3) is 3.71. The first-order valence-electron chi connectivity index (χ1n) is 5.13. The number of anilines is 1. The minimum atomic E-state index is -0.941. The highest BCUT2D eigenvalue weighted by atomic mass is 35.5. The van der Waals surface area contributed by atoms with Crippen LogP contribution >= 0.6 is 23.2 Å². The zero-order valence-electron chi connectivity index (χ0n) is 9.44. The Hall–Kier alpha value is -1.07. The molecule has 5 nitrogen and oxygen atoms in total. The number of carbonyl (C=O) groups is 1. The molecule has 0 radical (unpaired) electrons. The Balaban J connectivity index is 2.93. The largest absolute Gasteiger partial charge is 0.480 e. The quantitative estimate of drug-likeness (QED) is 0.866. The number of aromatic nitrogens is 2. The van der Waals surface area contributed by atoms with Gasteiger partial charge in [-0.15, -0.1) is 10.2 Å². The van der Waals surface area contributed by atoms with Crippen LogP contribution in [0.1, 0.15) is 20.3 Å². The van der Waals surface area contributed by atoms with Gasteiger partial charge in [-0.05, 0) is 5.92 Å². The average molecular weight is 278 g/mol. The number of nitrogens with zero attached hydrogens (tertiary/aromatic N) is 2. The summed E-state index contributed by atoms with van der Waals surface area (Å²) < 4.78 is 0. The highest BCUT2D eigenvalue weighted by molar-refractivity contribution is 6.33. The topological polar surface area (TPSA) is 75.1 Å². The fourth-order valence-electron chi connectivity index (χ4n) is 1.30. The molecule has 1 aromatic heterocycles. The van der Waals surface area contributed by atoms with E-state index >= 15 is 0 Å². The summed E-state index contributed by atoms with van der Waals surface area (Å²) in [7, 11) is 0. The van der Waals surface area contributed by atoms with Crippen LogP contribution in [-0.2, 0) is 4.79 Å². The minimum Gasteiger partial charge on any atom is -0.480 e. The lowest BCUT2D eigenvalue weighted by atomic mass is 9.99. The molecule has 0 unspecified atom stereocenters. The van der Waals surface area contributed by atoms with Crippen molar-refractivity contribution >= 4 is 34.9 Å². The van der Waals surface area contributed by atoms with Crippen LogP contribution in [0.5, 0.6) is 0 Å². The molecule has 94 valence electrons. The van der Waals surface area contributed by atoms with E-state index in [4.69, 9.17) is 28.3 Å². The van der Waals surface area contributed by atoms with E-state index in [2.05, 4.69) is 15.5 Å². The fourth-order valence-corrected chi connectivity index (χ4v) is 1.60. The predicted octanol–water partition coefficient (Wildman–Crippen LogP) is 2.69. The number of aliphatic carboxylic acids is 1. The molecule has 17 heavy (non-hydrogen) atoms. The van der Waals surface area contributed by atoms with E-state index < -0.39 is 12.0 Å². The molecule has 1 heterocycles. The lowest BCUT2D eigenvalue weighted by Crippen LogP contribution is -2.35. The van der Waals surface area contributed by atoms with Crippen molar-refractivity contribution in [1.29, 1.82) is 0 Å². The maximum Gasteiger partial charge on any atom is 0.326 e. The van der Waals surface area contributed by atoms with E-state index in [1.54, 1.807) is 0 Å². The van der Waals surface area contributed by atoms with Gasteiger partial charge in [0.2, 0.25) is 0 Å². The predicted molar refractivity (Wildman–Crippen MR) is 66.6 cm³/mol. The third-order valence-corrected chi connectivity index (χ3v) is 2.97. The molecule has 1 rings (SSSR count). The highest BCUT2D eigenvalue weighted by Crippen LogP contribution is 2.23. The average Bonchev–Trinajstić information content (AvgIpc) is 2.28. The van der Waals surface area contributed by atoms with E-state index in [1.807, 2.05) is 13.8 Å². The summed E-state index contributed by atoms with van der Waals surface area (Å²) in [6.07, 6.45) is 0.730. The third-order valence-electron chi connectivity index (χ3n) is 2.51.